The van der Waals surface area contributed by atoms with E-state index in [1.807, 2.05) is 24.3 Å². The molecule has 1 aromatic carbocycles. The van der Waals surface area contributed by atoms with E-state index in [1.165, 1.54) is 0 Å². The summed E-state index contributed by atoms with van der Waals surface area (Å²) in [7, 11) is 1.66. The molecule has 1 heterocycles. The molecule has 3 unspecified atom stereocenters. The normalized spacial score (nSPS) is 27.1. The largest absolute Gasteiger partial charge is 0.493 e. The molecule has 0 aliphatic carbocycles. The smallest absolute Gasteiger partial charge is 0.161 e. The van der Waals surface area contributed by atoms with Gasteiger partial charge in [0, 0.05) is 12.1 Å². The van der Waals surface area contributed by atoms with Crippen LogP contribution in [0.1, 0.15) is 33.6 Å². The summed E-state index contributed by atoms with van der Waals surface area (Å²) < 4.78 is 16.9. The molecule has 3 atom stereocenters. The van der Waals surface area contributed by atoms with E-state index in [4.69, 9.17) is 14.2 Å². The molecule has 0 saturated carbocycles. The highest BCUT2D eigenvalue weighted by atomic mass is 16.5. The number of hydrogen-bond acceptors (Lipinski definition) is 4. The predicted molar refractivity (Wildman–Crippen MR) is 84.1 cm³/mol. The number of hydrogen-bond donors (Lipinski definition) is 1. The van der Waals surface area contributed by atoms with Crippen molar-refractivity contribution in [3.63, 3.8) is 0 Å². The van der Waals surface area contributed by atoms with E-state index >= 15 is 0 Å². The van der Waals surface area contributed by atoms with E-state index in [1.54, 1.807) is 7.11 Å². The Morgan fingerprint density at radius 1 is 1.19 bits per heavy atom. The van der Waals surface area contributed by atoms with Crippen LogP contribution in [-0.2, 0) is 4.74 Å². The Morgan fingerprint density at radius 2 is 1.81 bits per heavy atom. The van der Waals surface area contributed by atoms with Crippen LogP contribution in [0.2, 0.25) is 0 Å². The van der Waals surface area contributed by atoms with Crippen molar-refractivity contribution in [2.45, 2.75) is 57.9 Å². The first-order chi connectivity index (χ1) is 10.1. The van der Waals surface area contributed by atoms with Crippen LogP contribution in [0.25, 0.3) is 0 Å². The van der Waals surface area contributed by atoms with Crippen molar-refractivity contribution in [2.75, 3.05) is 13.7 Å². The molecule has 21 heavy (non-hydrogen) atoms. The van der Waals surface area contributed by atoms with Gasteiger partial charge in [0.25, 0.3) is 0 Å². The lowest BCUT2D eigenvalue weighted by molar-refractivity contribution is -0.0439. The highest BCUT2D eigenvalue weighted by Gasteiger charge is 2.25. The first-order valence-electron chi connectivity index (χ1n) is 7.75. The van der Waals surface area contributed by atoms with Crippen LogP contribution in [0.15, 0.2) is 24.3 Å². The van der Waals surface area contributed by atoms with Gasteiger partial charge in [0.1, 0.15) is 6.61 Å². The highest BCUT2D eigenvalue weighted by molar-refractivity contribution is 5.39. The number of ether oxygens (including phenoxy) is 3. The Bertz CT molecular complexity index is 428. The molecular weight excluding hydrogens is 266 g/mol. The molecule has 0 aromatic heterocycles. The minimum absolute atomic E-state index is 0.289. The molecule has 1 aromatic rings. The summed E-state index contributed by atoms with van der Waals surface area (Å²) in [5.41, 5.74) is 0. The average molecular weight is 293 g/mol. The van der Waals surface area contributed by atoms with E-state index in [9.17, 15) is 0 Å². The topological polar surface area (TPSA) is 39.7 Å². The summed E-state index contributed by atoms with van der Waals surface area (Å²) in [5, 5.41) is 3.64. The lowest BCUT2D eigenvalue weighted by atomic mass is 9.99. The number of rotatable bonds is 6. The fourth-order valence-corrected chi connectivity index (χ4v) is 2.94. The molecule has 1 saturated heterocycles. The second-order valence-electron chi connectivity index (χ2n) is 5.96. The van der Waals surface area contributed by atoms with Gasteiger partial charge < -0.3 is 19.5 Å². The Labute approximate surface area is 127 Å². The molecule has 0 radical (unpaired) electrons. The molecule has 0 spiro atoms. The van der Waals surface area contributed by atoms with Gasteiger partial charge in [0.05, 0.1) is 19.3 Å². The molecule has 0 bridgehead atoms. The average Bonchev–Trinajstić information content (AvgIpc) is 2.44. The van der Waals surface area contributed by atoms with Gasteiger partial charge in [-0.2, -0.15) is 0 Å². The monoisotopic (exact) mass is 293 g/mol. The molecular formula is C17H27NO3. The number of para-hydroxylation sites is 2. The second kappa shape index (κ2) is 7.66. The van der Waals surface area contributed by atoms with Gasteiger partial charge in [-0.15, -0.1) is 0 Å². The van der Waals surface area contributed by atoms with E-state index in [0.717, 1.165) is 24.3 Å². The molecule has 0 amide bonds. The molecule has 1 aliphatic rings. The summed E-state index contributed by atoms with van der Waals surface area (Å²) in [6.07, 6.45) is 2.77. The van der Waals surface area contributed by atoms with Crippen molar-refractivity contribution in [3.05, 3.63) is 24.3 Å². The van der Waals surface area contributed by atoms with Crippen molar-refractivity contribution in [2.24, 2.45) is 0 Å². The second-order valence-corrected chi connectivity index (χ2v) is 5.96. The molecule has 4 heteroatoms. The van der Waals surface area contributed by atoms with Crippen LogP contribution in [0.3, 0.4) is 0 Å². The Hall–Kier alpha value is -1.26. The summed E-state index contributed by atoms with van der Waals surface area (Å²) >= 11 is 0. The quantitative estimate of drug-likeness (QED) is 0.875. The van der Waals surface area contributed by atoms with Crippen LogP contribution in [-0.4, -0.2) is 38.0 Å². The molecule has 1 N–H and O–H groups in total. The van der Waals surface area contributed by atoms with Crippen LogP contribution < -0.4 is 14.8 Å². The first-order valence-corrected chi connectivity index (χ1v) is 7.75. The van der Waals surface area contributed by atoms with Crippen molar-refractivity contribution >= 4 is 0 Å². The lowest BCUT2D eigenvalue weighted by Gasteiger charge is -2.34. The Kier molecular flexibility index (Phi) is 5.88. The third-order valence-corrected chi connectivity index (χ3v) is 3.78. The highest BCUT2D eigenvalue weighted by Crippen LogP contribution is 2.26. The van der Waals surface area contributed by atoms with Gasteiger partial charge in [-0.25, -0.2) is 0 Å². The van der Waals surface area contributed by atoms with E-state index in [0.29, 0.717) is 24.9 Å². The maximum absolute atomic E-state index is 5.87. The molecule has 2 rings (SSSR count). The summed E-state index contributed by atoms with van der Waals surface area (Å²) in [5.74, 6) is 1.57. The third kappa shape index (κ3) is 4.90. The zero-order chi connectivity index (χ0) is 15.2. The zero-order valence-corrected chi connectivity index (χ0v) is 13.5. The Balaban J connectivity index is 1.80. The lowest BCUT2D eigenvalue weighted by Crippen LogP contribution is -2.46. The van der Waals surface area contributed by atoms with Crippen LogP contribution >= 0.6 is 0 Å². The van der Waals surface area contributed by atoms with Crippen LogP contribution in [0, 0.1) is 0 Å². The fraction of sp³-hybridized carbons (Fsp3) is 0.647. The minimum atomic E-state index is 0.289. The summed E-state index contributed by atoms with van der Waals surface area (Å²) in [6, 6.07) is 8.53. The zero-order valence-electron chi connectivity index (χ0n) is 13.5. The first kappa shape index (κ1) is 16.1. The third-order valence-electron chi connectivity index (χ3n) is 3.78. The van der Waals surface area contributed by atoms with Gasteiger partial charge in [-0.1, -0.05) is 12.1 Å². The van der Waals surface area contributed by atoms with Gasteiger partial charge >= 0.3 is 0 Å². The number of methoxy groups -OCH3 is 1. The van der Waals surface area contributed by atoms with Crippen LogP contribution in [0.5, 0.6) is 11.5 Å². The maximum Gasteiger partial charge on any atom is 0.161 e. The number of benzene rings is 1. The van der Waals surface area contributed by atoms with E-state index in [-0.39, 0.29) is 6.04 Å². The van der Waals surface area contributed by atoms with E-state index < -0.39 is 0 Å². The molecule has 1 aliphatic heterocycles. The van der Waals surface area contributed by atoms with Gasteiger partial charge in [0.2, 0.25) is 0 Å². The van der Waals surface area contributed by atoms with Crippen molar-refractivity contribution in [1.29, 1.82) is 0 Å². The van der Waals surface area contributed by atoms with Gasteiger partial charge in [0.15, 0.2) is 11.5 Å². The van der Waals surface area contributed by atoms with Crippen LogP contribution in [0.4, 0.5) is 0 Å². The molecule has 4 nitrogen and oxygen atoms in total. The maximum atomic E-state index is 5.87. The molecule has 118 valence electrons. The minimum Gasteiger partial charge on any atom is -0.493 e. The summed E-state index contributed by atoms with van der Waals surface area (Å²) in [4.78, 5) is 0. The standard InChI is InChI=1S/C17H27NO3/c1-12(18-15-9-13(2)21-14(3)10-15)11-20-17-8-6-5-7-16(17)19-4/h5-8,12-15,18H,9-11H2,1-4H3. The summed E-state index contributed by atoms with van der Waals surface area (Å²) in [6.45, 7) is 7.06. The fourth-order valence-electron chi connectivity index (χ4n) is 2.94. The van der Waals surface area contributed by atoms with Crippen molar-refractivity contribution < 1.29 is 14.2 Å². The Morgan fingerprint density at radius 3 is 2.43 bits per heavy atom. The molecule has 1 fully saturated rings. The van der Waals surface area contributed by atoms with E-state index in [2.05, 4.69) is 26.1 Å². The predicted octanol–water partition coefficient (Wildman–Crippen LogP) is 3.01. The SMILES string of the molecule is COc1ccccc1OCC(C)NC1CC(C)OC(C)C1. The number of nitrogens with one attached hydrogen (secondary N) is 1. The van der Waals surface area contributed by atoms with Crippen molar-refractivity contribution in [1.82, 2.24) is 5.32 Å². The van der Waals surface area contributed by atoms with Gasteiger partial charge in [-0.3, -0.25) is 0 Å². The van der Waals surface area contributed by atoms with Gasteiger partial charge in [-0.05, 0) is 45.7 Å². The van der Waals surface area contributed by atoms with Crippen molar-refractivity contribution in [3.8, 4) is 11.5 Å².